The number of ether oxygens (including phenoxy) is 2. The molecule has 0 heterocycles. The predicted octanol–water partition coefficient (Wildman–Crippen LogP) is 3.03. The van der Waals surface area contributed by atoms with Crippen molar-refractivity contribution in [1.82, 2.24) is 0 Å². The third-order valence-electron chi connectivity index (χ3n) is 1.81. The highest BCUT2D eigenvalue weighted by Crippen LogP contribution is 2.15. The van der Waals surface area contributed by atoms with E-state index in [1.165, 1.54) is 13.2 Å². The van der Waals surface area contributed by atoms with Crippen LogP contribution in [0.4, 0.5) is 0 Å². The molecular weight excluding hydrogens is 345 g/mol. The number of esters is 1. The molecule has 0 rings (SSSR count). The van der Waals surface area contributed by atoms with Crippen LogP contribution in [0.2, 0.25) is 0 Å². The molecule has 0 saturated carbocycles. The molecule has 0 fully saturated rings. The summed E-state index contributed by atoms with van der Waals surface area (Å²) in [6.07, 6.45) is 6.55. The van der Waals surface area contributed by atoms with Crippen molar-refractivity contribution in [2.75, 3.05) is 13.7 Å². The molecule has 0 aliphatic heterocycles. The number of hydrogen-bond acceptors (Lipinski definition) is 4. The number of allylic oxidation sites excluding steroid dienone is 5. The van der Waals surface area contributed by atoms with E-state index in [1.807, 2.05) is 13.0 Å². The molecule has 0 aromatic carbocycles. The molecule has 0 radical (unpaired) electrons. The van der Waals surface area contributed by atoms with Crippen LogP contribution in [0.1, 0.15) is 6.92 Å². The molecule has 0 unspecified atom stereocenters. The quantitative estimate of drug-likeness (QED) is 0.241. The third kappa shape index (κ3) is 6.91. The molecule has 96 valence electrons. The summed E-state index contributed by atoms with van der Waals surface area (Å²) in [5, 5.41) is 8.69. The third-order valence-corrected chi connectivity index (χ3v) is 2.17. The Bertz CT molecular complexity index is 442. The van der Waals surface area contributed by atoms with Gasteiger partial charge in [-0.2, -0.15) is 5.26 Å². The van der Waals surface area contributed by atoms with Crippen molar-refractivity contribution in [3.05, 3.63) is 45.8 Å². The van der Waals surface area contributed by atoms with E-state index in [2.05, 4.69) is 33.9 Å². The molecule has 0 aromatic heterocycles. The number of halogens is 1. The second-order valence-electron chi connectivity index (χ2n) is 3.03. The number of carbonyl (C=O) groups excluding carboxylic acids is 1. The zero-order valence-corrected chi connectivity index (χ0v) is 12.4. The summed E-state index contributed by atoms with van der Waals surface area (Å²) in [7, 11) is 1.27. The zero-order valence-electron chi connectivity index (χ0n) is 10.3. The summed E-state index contributed by atoms with van der Waals surface area (Å²) in [6.45, 7) is 5.30. The van der Waals surface area contributed by atoms with Gasteiger partial charge in [-0.1, -0.05) is 18.7 Å². The summed E-state index contributed by atoms with van der Waals surface area (Å²) in [4.78, 5) is 11.0. The van der Waals surface area contributed by atoms with Crippen molar-refractivity contribution in [2.45, 2.75) is 6.92 Å². The van der Waals surface area contributed by atoms with Gasteiger partial charge in [0.25, 0.3) is 0 Å². The highest BCUT2D eigenvalue weighted by Gasteiger charge is 2.07. The van der Waals surface area contributed by atoms with Crippen LogP contribution < -0.4 is 0 Å². The maximum absolute atomic E-state index is 11.0. The topological polar surface area (TPSA) is 59.3 Å². The van der Waals surface area contributed by atoms with Gasteiger partial charge >= 0.3 is 5.97 Å². The molecule has 0 N–H and O–H groups in total. The van der Waals surface area contributed by atoms with E-state index >= 15 is 0 Å². The highest BCUT2D eigenvalue weighted by molar-refractivity contribution is 14.1. The van der Waals surface area contributed by atoms with Crippen molar-refractivity contribution < 1.29 is 14.3 Å². The fourth-order valence-electron chi connectivity index (χ4n) is 0.963. The van der Waals surface area contributed by atoms with Gasteiger partial charge in [0, 0.05) is 9.15 Å². The van der Waals surface area contributed by atoms with Crippen molar-refractivity contribution in [2.24, 2.45) is 0 Å². The molecule has 0 atom stereocenters. The number of carbonyl (C=O) groups is 1. The van der Waals surface area contributed by atoms with Crippen molar-refractivity contribution in [3.8, 4) is 6.07 Å². The molecule has 0 aliphatic rings. The van der Waals surface area contributed by atoms with Gasteiger partial charge < -0.3 is 9.47 Å². The van der Waals surface area contributed by atoms with Gasteiger partial charge in [-0.15, -0.1) is 0 Å². The Kier molecular flexibility index (Phi) is 8.66. The Morgan fingerprint density at radius 2 is 2.17 bits per heavy atom. The van der Waals surface area contributed by atoms with Gasteiger partial charge in [0.1, 0.15) is 5.76 Å². The number of nitrogens with zero attached hydrogens (tertiary/aromatic N) is 1. The van der Waals surface area contributed by atoms with E-state index in [0.29, 0.717) is 11.3 Å². The Labute approximate surface area is 120 Å². The van der Waals surface area contributed by atoms with Crippen LogP contribution in [0.3, 0.4) is 0 Å². The summed E-state index contributed by atoms with van der Waals surface area (Å²) in [5.74, 6) is -0.184. The minimum absolute atomic E-state index is 0.236. The van der Waals surface area contributed by atoms with Gasteiger partial charge in [-0.3, -0.25) is 0 Å². The monoisotopic (exact) mass is 359 g/mol. The van der Waals surface area contributed by atoms with Crippen LogP contribution in [0, 0.1) is 11.3 Å². The molecule has 5 heteroatoms. The predicted molar refractivity (Wildman–Crippen MR) is 77.7 cm³/mol. The largest absolute Gasteiger partial charge is 0.481 e. The first-order valence-corrected chi connectivity index (χ1v) is 6.11. The molecule has 0 aliphatic carbocycles. The lowest BCUT2D eigenvalue weighted by molar-refractivity contribution is -0.144. The summed E-state index contributed by atoms with van der Waals surface area (Å²) < 4.78 is 10.5. The van der Waals surface area contributed by atoms with Gasteiger partial charge in [0.2, 0.25) is 0 Å². The molecule has 0 bridgehead atoms. The lowest BCUT2D eigenvalue weighted by Crippen LogP contribution is -2.10. The van der Waals surface area contributed by atoms with E-state index < -0.39 is 5.97 Å². The van der Waals surface area contributed by atoms with Crippen LogP contribution in [-0.2, 0) is 14.3 Å². The van der Waals surface area contributed by atoms with Gasteiger partial charge in [-0.25, -0.2) is 4.79 Å². The minimum Gasteiger partial charge on any atom is -0.481 e. The Morgan fingerprint density at radius 1 is 1.50 bits per heavy atom. The lowest BCUT2D eigenvalue weighted by Gasteiger charge is -2.09. The number of nitriles is 1. The summed E-state index contributed by atoms with van der Waals surface area (Å²) >= 11 is 2.07. The van der Waals surface area contributed by atoms with E-state index in [0.717, 1.165) is 3.58 Å². The first-order chi connectivity index (χ1) is 8.54. The second-order valence-corrected chi connectivity index (χ2v) is 4.41. The number of rotatable bonds is 6. The van der Waals surface area contributed by atoms with E-state index in [9.17, 15) is 4.79 Å². The van der Waals surface area contributed by atoms with Gasteiger partial charge in [0.15, 0.2) is 6.61 Å². The summed E-state index contributed by atoms with van der Waals surface area (Å²) in [6, 6.07) is 1.87. The van der Waals surface area contributed by atoms with Crippen LogP contribution in [0.25, 0.3) is 0 Å². The van der Waals surface area contributed by atoms with Crippen LogP contribution in [0.5, 0.6) is 0 Å². The molecule has 0 spiro atoms. The fraction of sp³-hybridized carbons (Fsp3) is 0.231. The highest BCUT2D eigenvalue weighted by atomic mass is 127. The second kappa shape index (κ2) is 9.48. The maximum Gasteiger partial charge on any atom is 0.343 e. The smallest absolute Gasteiger partial charge is 0.343 e. The molecule has 0 amide bonds. The Balaban J connectivity index is 4.89. The van der Waals surface area contributed by atoms with Gasteiger partial charge in [0.05, 0.1) is 19.3 Å². The standard InChI is InChI=1S/C13H14INO3/c1-4-11(6-5-10(2)14)12(7-8-15)18-9-13(16)17-3/h4-7H,2,9H2,1,3H3/b6-5-,11-4+,12-7-. The van der Waals surface area contributed by atoms with E-state index in [1.54, 1.807) is 18.2 Å². The Morgan fingerprint density at radius 3 is 2.61 bits per heavy atom. The van der Waals surface area contributed by atoms with Crippen molar-refractivity contribution in [1.29, 1.82) is 5.26 Å². The molecule has 18 heavy (non-hydrogen) atoms. The maximum atomic E-state index is 11.0. The molecule has 0 aromatic rings. The van der Waals surface area contributed by atoms with Crippen molar-refractivity contribution >= 4 is 28.6 Å². The van der Waals surface area contributed by atoms with Crippen LogP contribution in [0.15, 0.2) is 45.8 Å². The zero-order chi connectivity index (χ0) is 14.0. The fourth-order valence-corrected chi connectivity index (χ4v) is 1.14. The first-order valence-electron chi connectivity index (χ1n) is 5.03. The van der Waals surface area contributed by atoms with E-state index in [-0.39, 0.29) is 6.61 Å². The molecule has 0 saturated heterocycles. The normalized spacial score (nSPS) is 12.1. The lowest BCUT2D eigenvalue weighted by atomic mass is 10.2. The molecular formula is C13H14INO3. The van der Waals surface area contributed by atoms with Gasteiger partial charge in [-0.05, 0) is 35.6 Å². The Hall–Kier alpha value is -1.55. The van der Waals surface area contributed by atoms with E-state index in [4.69, 9.17) is 10.00 Å². The van der Waals surface area contributed by atoms with Crippen molar-refractivity contribution in [3.63, 3.8) is 0 Å². The SMILES string of the molecule is C=C(I)\C=C/C(=C\C)C(=C/C#N)/OCC(=O)OC. The number of hydrogen-bond donors (Lipinski definition) is 0. The average molecular weight is 359 g/mol. The first kappa shape index (κ1) is 16.4. The minimum atomic E-state index is -0.503. The van der Waals surface area contributed by atoms with Crippen LogP contribution >= 0.6 is 22.6 Å². The van der Waals surface area contributed by atoms with Crippen LogP contribution in [-0.4, -0.2) is 19.7 Å². The summed E-state index contributed by atoms with van der Waals surface area (Å²) in [5.41, 5.74) is 0.693. The number of methoxy groups -OCH3 is 1. The molecule has 4 nitrogen and oxygen atoms in total. The average Bonchev–Trinajstić information content (AvgIpc) is 2.35.